The summed E-state index contributed by atoms with van der Waals surface area (Å²) in [5.41, 5.74) is 2.72. The molecule has 4 rings (SSSR count). The van der Waals surface area contributed by atoms with Crippen molar-refractivity contribution in [1.29, 1.82) is 0 Å². The molecule has 10 heteroatoms. The highest BCUT2D eigenvalue weighted by Crippen LogP contribution is 2.25. The van der Waals surface area contributed by atoms with Gasteiger partial charge in [-0.25, -0.2) is 13.1 Å². The van der Waals surface area contributed by atoms with Gasteiger partial charge in [-0.1, -0.05) is 35.0 Å². The molecule has 2 heterocycles. The fourth-order valence-corrected chi connectivity index (χ4v) is 4.05. The zero-order valence-corrected chi connectivity index (χ0v) is 17.6. The van der Waals surface area contributed by atoms with Crippen molar-refractivity contribution in [1.82, 2.24) is 24.6 Å². The van der Waals surface area contributed by atoms with Gasteiger partial charge in [-0.15, -0.1) is 0 Å². The van der Waals surface area contributed by atoms with Gasteiger partial charge in [-0.05, 0) is 43.3 Å². The standard InChI is InChI=1S/C20H18ClN5O3S/c1-2-26-18(10-11-22-26)14-4-3-5-15(12-14)20-24-19(29-25-20)13-23-30(27,28)17-8-6-16(21)7-9-17/h3-12,23H,2,13H2,1H3. The van der Waals surface area contributed by atoms with Crippen LogP contribution >= 0.6 is 11.6 Å². The minimum Gasteiger partial charge on any atom is -0.338 e. The molecule has 0 aliphatic heterocycles. The van der Waals surface area contributed by atoms with E-state index < -0.39 is 10.0 Å². The quantitative estimate of drug-likeness (QED) is 0.466. The maximum Gasteiger partial charge on any atom is 0.242 e. The minimum absolute atomic E-state index is 0.104. The van der Waals surface area contributed by atoms with Gasteiger partial charge in [0, 0.05) is 28.9 Å². The first-order valence-electron chi connectivity index (χ1n) is 9.17. The van der Waals surface area contributed by atoms with Gasteiger partial charge in [0.05, 0.1) is 17.1 Å². The Morgan fingerprint density at radius 2 is 1.87 bits per heavy atom. The summed E-state index contributed by atoms with van der Waals surface area (Å²) in [6, 6.07) is 15.5. The molecule has 0 aliphatic rings. The summed E-state index contributed by atoms with van der Waals surface area (Å²) in [4.78, 5) is 4.41. The highest BCUT2D eigenvalue weighted by Gasteiger charge is 2.17. The molecule has 0 fully saturated rings. The summed E-state index contributed by atoms with van der Waals surface area (Å²) in [6.45, 7) is 2.66. The summed E-state index contributed by atoms with van der Waals surface area (Å²) in [5, 5.41) is 8.72. The van der Waals surface area contributed by atoms with Crippen LogP contribution in [0.15, 0.2) is 70.2 Å². The van der Waals surface area contributed by atoms with Crippen molar-refractivity contribution in [2.75, 3.05) is 0 Å². The number of nitrogens with zero attached hydrogens (tertiary/aromatic N) is 4. The number of halogens is 1. The second-order valence-corrected chi connectivity index (χ2v) is 8.61. The summed E-state index contributed by atoms with van der Waals surface area (Å²) in [5.74, 6) is 0.534. The van der Waals surface area contributed by atoms with Crippen molar-refractivity contribution in [3.05, 3.63) is 71.7 Å². The van der Waals surface area contributed by atoms with Gasteiger partial charge in [0.25, 0.3) is 0 Å². The number of benzene rings is 2. The van der Waals surface area contributed by atoms with Crippen molar-refractivity contribution < 1.29 is 12.9 Å². The van der Waals surface area contributed by atoms with Gasteiger partial charge in [0.15, 0.2) is 0 Å². The van der Waals surface area contributed by atoms with Crippen LogP contribution in [0.2, 0.25) is 5.02 Å². The minimum atomic E-state index is -3.72. The molecule has 2 aromatic carbocycles. The average molecular weight is 444 g/mol. The van der Waals surface area contributed by atoms with E-state index in [2.05, 4.69) is 20.0 Å². The Balaban J connectivity index is 1.51. The van der Waals surface area contributed by atoms with Crippen LogP contribution in [0, 0.1) is 0 Å². The summed E-state index contributed by atoms with van der Waals surface area (Å²) in [6.07, 6.45) is 1.75. The molecule has 0 bridgehead atoms. The number of sulfonamides is 1. The van der Waals surface area contributed by atoms with E-state index in [1.54, 1.807) is 6.20 Å². The van der Waals surface area contributed by atoms with E-state index in [0.717, 1.165) is 23.4 Å². The van der Waals surface area contributed by atoms with E-state index >= 15 is 0 Å². The van der Waals surface area contributed by atoms with E-state index in [4.69, 9.17) is 16.1 Å². The van der Waals surface area contributed by atoms with Gasteiger partial charge in [-0.3, -0.25) is 4.68 Å². The molecule has 0 aliphatic carbocycles. The Labute approximate surface area is 178 Å². The van der Waals surface area contributed by atoms with Gasteiger partial charge in [0.2, 0.25) is 21.7 Å². The van der Waals surface area contributed by atoms with Gasteiger partial charge >= 0.3 is 0 Å². The number of hydrogen-bond donors (Lipinski definition) is 1. The molecule has 4 aromatic rings. The number of nitrogens with one attached hydrogen (secondary N) is 1. The lowest BCUT2D eigenvalue weighted by atomic mass is 10.1. The molecule has 1 N–H and O–H groups in total. The Kier molecular flexibility index (Phi) is 5.67. The van der Waals surface area contributed by atoms with Crippen molar-refractivity contribution in [2.24, 2.45) is 0 Å². The number of aromatic nitrogens is 4. The van der Waals surface area contributed by atoms with Crippen LogP contribution in [0.25, 0.3) is 22.6 Å². The maximum atomic E-state index is 12.4. The Bertz CT molecular complexity index is 1270. The van der Waals surface area contributed by atoms with E-state index in [0.29, 0.717) is 10.8 Å². The van der Waals surface area contributed by atoms with Crippen LogP contribution in [-0.2, 0) is 23.1 Å². The lowest BCUT2D eigenvalue weighted by molar-refractivity contribution is 0.376. The molecule has 0 unspecified atom stereocenters. The molecular weight excluding hydrogens is 426 g/mol. The third-order valence-corrected chi connectivity index (χ3v) is 6.11. The molecule has 0 amide bonds. The average Bonchev–Trinajstić information content (AvgIpc) is 3.42. The van der Waals surface area contributed by atoms with Crippen molar-refractivity contribution >= 4 is 21.6 Å². The van der Waals surface area contributed by atoms with Crippen molar-refractivity contribution in [3.8, 4) is 22.6 Å². The molecule has 0 radical (unpaired) electrons. The van der Waals surface area contributed by atoms with Crippen LogP contribution in [0.3, 0.4) is 0 Å². The lowest BCUT2D eigenvalue weighted by Crippen LogP contribution is -2.23. The second kappa shape index (κ2) is 8.39. The summed E-state index contributed by atoms with van der Waals surface area (Å²) < 4.78 is 34.3. The van der Waals surface area contributed by atoms with Crippen LogP contribution in [0.4, 0.5) is 0 Å². The zero-order chi connectivity index (χ0) is 21.1. The first-order chi connectivity index (χ1) is 14.5. The second-order valence-electron chi connectivity index (χ2n) is 6.40. The van der Waals surface area contributed by atoms with E-state index in [1.807, 2.05) is 41.9 Å². The van der Waals surface area contributed by atoms with Crippen molar-refractivity contribution in [3.63, 3.8) is 0 Å². The number of rotatable bonds is 7. The third-order valence-electron chi connectivity index (χ3n) is 4.44. The zero-order valence-electron chi connectivity index (χ0n) is 16.0. The summed E-state index contributed by atoms with van der Waals surface area (Å²) in [7, 11) is -3.72. The van der Waals surface area contributed by atoms with Crippen LogP contribution in [0.1, 0.15) is 12.8 Å². The van der Waals surface area contributed by atoms with Gasteiger partial charge in [-0.2, -0.15) is 10.1 Å². The van der Waals surface area contributed by atoms with Crippen LogP contribution in [0.5, 0.6) is 0 Å². The first kappa shape index (κ1) is 20.3. The van der Waals surface area contributed by atoms with E-state index in [1.165, 1.54) is 24.3 Å². The van der Waals surface area contributed by atoms with Crippen LogP contribution in [-0.4, -0.2) is 28.3 Å². The highest BCUT2D eigenvalue weighted by molar-refractivity contribution is 7.89. The highest BCUT2D eigenvalue weighted by atomic mass is 35.5. The fourth-order valence-electron chi connectivity index (χ4n) is 2.95. The lowest BCUT2D eigenvalue weighted by Gasteiger charge is -2.05. The third kappa shape index (κ3) is 4.28. The Hall–Kier alpha value is -3.01. The van der Waals surface area contributed by atoms with Crippen molar-refractivity contribution in [2.45, 2.75) is 24.9 Å². The molecule has 30 heavy (non-hydrogen) atoms. The smallest absolute Gasteiger partial charge is 0.242 e. The predicted octanol–water partition coefficient (Wildman–Crippen LogP) is 3.75. The Morgan fingerprint density at radius 3 is 2.63 bits per heavy atom. The maximum absolute atomic E-state index is 12.4. The molecule has 0 saturated heterocycles. The molecule has 0 saturated carbocycles. The Morgan fingerprint density at radius 1 is 1.10 bits per heavy atom. The number of hydrogen-bond acceptors (Lipinski definition) is 6. The summed E-state index contributed by atoms with van der Waals surface area (Å²) >= 11 is 5.80. The number of aryl methyl sites for hydroxylation is 1. The van der Waals surface area contributed by atoms with Gasteiger partial charge in [0.1, 0.15) is 0 Å². The monoisotopic (exact) mass is 443 g/mol. The largest absolute Gasteiger partial charge is 0.338 e. The molecule has 154 valence electrons. The molecule has 8 nitrogen and oxygen atoms in total. The fraction of sp³-hybridized carbons (Fsp3) is 0.150. The first-order valence-corrected chi connectivity index (χ1v) is 11.0. The van der Waals surface area contributed by atoms with E-state index in [9.17, 15) is 8.42 Å². The van der Waals surface area contributed by atoms with E-state index in [-0.39, 0.29) is 17.3 Å². The molecule has 0 atom stereocenters. The molecular formula is C20H18ClN5O3S. The topological polar surface area (TPSA) is 103 Å². The van der Waals surface area contributed by atoms with Gasteiger partial charge < -0.3 is 4.52 Å². The normalized spacial score (nSPS) is 11.7. The van der Waals surface area contributed by atoms with Crippen LogP contribution < -0.4 is 4.72 Å². The SMILES string of the molecule is CCn1nccc1-c1cccc(-c2noc(CNS(=O)(=O)c3ccc(Cl)cc3)n2)c1. The molecule has 0 spiro atoms. The molecule has 2 aromatic heterocycles. The predicted molar refractivity (Wildman–Crippen MR) is 112 cm³/mol.